The number of hydrogen-bond acceptors (Lipinski definition) is 6. The molecule has 0 spiro atoms. The summed E-state index contributed by atoms with van der Waals surface area (Å²) < 4.78 is 12.2. The molecule has 26 heavy (non-hydrogen) atoms. The first-order valence-electron chi connectivity index (χ1n) is 7.59. The van der Waals surface area contributed by atoms with E-state index in [1.54, 1.807) is 30.3 Å². The summed E-state index contributed by atoms with van der Waals surface area (Å²) in [5.74, 6) is -0.542. The molecule has 3 rings (SSSR count). The standard InChI is InChI=1S/C16H14Br2N2O6/c17-9-6-20(16(24)19-13(9)22)14-11(18)12(21)10(26-14)7-25-15(23)8-4-2-1-3-5-8/h1-6,10-12,14,21H,7H2,(H,19,22,24)/t10-,11-,12-,14-/m0/s1. The van der Waals surface area contributed by atoms with E-state index in [1.807, 2.05) is 0 Å². The monoisotopic (exact) mass is 488 g/mol. The Labute approximate surface area is 164 Å². The smallest absolute Gasteiger partial charge is 0.338 e. The number of carbonyl (C=O) groups excluding carboxylic acids is 1. The van der Waals surface area contributed by atoms with Crippen molar-refractivity contribution in [2.24, 2.45) is 0 Å². The predicted octanol–water partition coefficient (Wildman–Crippen LogP) is 1.18. The Hall–Kier alpha value is -1.75. The molecule has 1 aromatic heterocycles. The average Bonchev–Trinajstić information content (AvgIpc) is 2.91. The molecule has 0 radical (unpaired) electrons. The minimum atomic E-state index is -1.03. The van der Waals surface area contributed by atoms with Crippen molar-refractivity contribution in [3.63, 3.8) is 0 Å². The number of H-pyrrole nitrogens is 1. The molecule has 4 atom stereocenters. The lowest BCUT2D eigenvalue weighted by atomic mass is 10.2. The number of halogens is 2. The number of rotatable bonds is 4. The highest BCUT2D eigenvalue weighted by Crippen LogP contribution is 2.34. The summed E-state index contributed by atoms with van der Waals surface area (Å²) in [6.07, 6.45) is -1.47. The first-order valence-corrected chi connectivity index (χ1v) is 9.30. The Balaban J connectivity index is 1.72. The number of nitrogens with zero attached hydrogens (tertiary/aromatic N) is 1. The van der Waals surface area contributed by atoms with Crippen molar-refractivity contribution in [2.75, 3.05) is 6.61 Å². The number of aromatic nitrogens is 2. The average molecular weight is 490 g/mol. The largest absolute Gasteiger partial charge is 0.459 e. The summed E-state index contributed by atoms with van der Waals surface area (Å²) in [4.78, 5) is 37.0. The molecule has 2 aromatic rings. The van der Waals surface area contributed by atoms with E-state index in [0.29, 0.717) is 5.56 Å². The van der Waals surface area contributed by atoms with Crippen LogP contribution in [-0.2, 0) is 9.47 Å². The third kappa shape index (κ3) is 3.83. The van der Waals surface area contributed by atoms with Crippen molar-refractivity contribution in [2.45, 2.75) is 23.3 Å². The Morgan fingerprint density at radius 1 is 1.31 bits per heavy atom. The van der Waals surface area contributed by atoms with Gasteiger partial charge < -0.3 is 14.6 Å². The summed E-state index contributed by atoms with van der Waals surface area (Å²) in [5.41, 5.74) is -0.862. The highest BCUT2D eigenvalue weighted by Gasteiger charge is 2.44. The Morgan fingerprint density at radius 2 is 2.00 bits per heavy atom. The van der Waals surface area contributed by atoms with Gasteiger partial charge in [-0.3, -0.25) is 14.3 Å². The van der Waals surface area contributed by atoms with Crippen LogP contribution < -0.4 is 11.2 Å². The number of ether oxygens (including phenoxy) is 2. The van der Waals surface area contributed by atoms with Gasteiger partial charge in [-0.05, 0) is 28.1 Å². The summed E-state index contributed by atoms with van der Waals surface area (Å²) in [5, 5.41) is 10.3. The lowest BCUT2D eigenvalue weighted by Gasteiger charge is -2.17. The molecule has 0 amide bonds. The number of alkyl halides is 1. The first-order chi connectivity index (χ1) is 12.4. The first kappa shape index (κ1) is 19.0. The SMILES string of the molecule is O=C(OC[C@@H]1O[C@H](n2cc(Br)c(=O)[nH]c2=O)[C@@H](Br)[C@H]1O)c1ccccc1. The highest BCUT2D eigenvalue weighted by atomic mass is 79.9. The van der Waals surface area contributed by atoms with Crippen LogP contribution in [-0.4, -0.2) is 44.3 Å². The van der Waals surface area contributed by atoms with Crippen LogP contribution in [0.4, 0.5) is 0 Å². The van der Waals surface area contributed by atoms with Gasteiger partial charge in [-0.2, -0.15) is 0 Å². The van der Waals surface area contributed by atoms with E-state index in [-0.39, 0.29) is 11.1 Å². The van der Waals surface area contributed by atoms with Gasteiger partial charge in [0.15, 0.2) is 6.23 Å². The van der Waals surface area contributed by atoms with Gasteiger partial charge in [-0.15, -0.1) is 0 Å². The maximum absolute atomic E-state index is 12.0. The zero-order valence-corrected chi connectivity index (χ0v) is 16.3. The van der Waals surface area contributed by atoms with Crippen molar-refractivity contribution in [1.29, 1.82) is 0 Å². The normalized spacial score (nSPS) is 25.2. The maximum Gasteiger partial charge on any atom is 0.338 e. The number of nitrogens with one attached hydrogen (secondary N) is 1. The lowest BCUT2D eigenvalue weighted by Crippen LogP contribution is -2.35. The molecule has 1 aromatic carbocycles. The predicted molar refractivity (Wildman–Crippen MR) is 98.4 cm³/mol. The Kier molecular flexibility index (Phi) is 5.76. The fourth-order valence-electron chi connectivity index (χ4n) is 2.53. The summed E-state index contributed by atoms with van der Waals surface area (Å²) in [7, 11) is 0. The highest BCUT2D eigenvalue weighted by molar-refractivity contribution is 9.10. The molecule has 8 nitrogen and oxygen atoms in total. The molecule has 0 unspecified atom stereocenters. The molecule has 0 bridgehead atoms. The zero-order chi connectivity index (χ0) is 18.8. The van der Waals surface area contributed by atoms with E-state index >= 15 is 0 Å². The van der Waals surface area contributed by atoms with E-state index < -0.39 is 40.5 Å². The van der Waals surface area contributed by atoms with Crippen LogP contribution >= 0.6 is 31.9 Å². The lowest BCUT2D eigenvalue weighted by molar-refractivity contribution is -0.0530. The van der Waals surface area contributed by atoms with Gasteiger partial charge in [0.1, 0.15) is 18.8 Å². The quantitative estimate of drug-likeness (QED) is 0.492. The van der Waals surface area contributed by atoms with Gasteiger partial charge in [0.2, 0.25) is 0 Å². The van der Waals surface area contributed by atoms with Gasteiger partial charge in [0.25, 0.3) is 5.56 Å². The van der Waals surface area contributed by atoms with E-state index in [4.69, 9.17) is 9.47 Å². The molecule has 1 aliphatic heterocycles. The van der Waals surface area contributed by atoms with E-state index in [0.717, 1.165) is 4.57 Å². The summed E-state index contributed by atoms with van der Waals surface area (Å²) in [6.45, 7) is -0.188. The third-order valence-electron chi connectivity index (χ3n) is 3.88. The van der Waals surface area contributed by atoms with Gasteiger partial charge in [0.05, 0.1) is 14.9 Å². The number of aromatic amines is 1. The Morgan fingerprint density at radius 3 is 2.69 bits per heavy atom. The van der Waals surface area contributed by atoms with E-state index in [9.17, 15) is 19.5 Å². The molecule has 0 aliphatic carbocycles. The van der Waals surface area contributed by atoms with Crippen molar-refractivity contribution in [3.05, 3.63) is 67.4 Å². The zero-order valence-electron chi connectivity index (χ0n) is 13.2. The molecule has 2 N–H and O–H groups in total. The van der Waals surface area contributed by atoms with Crippen LogP contribution in [0, 0.1) is 0 Å². The number of aliphatic hydroxyl groups excluding tert-OH is 1. The second kappa shape index (κ2) is 7.87. The van der Waals surface area contributed by atoms with Crippen molar-refractivity contribution in [1.82, 2.24) is 9.55 Å². The maximum atomic E-state index is 12.0. The van der Waals surface area contributed by atoms with Crippen molar-refractivity contribution >= 4 is 37.8 Å². The van der Waals surface area contributed by atoms with Crippen LogP contribution in [0.1, 0.15) is 16.6 Å². The van der Waals surface area contributed by atoms with Gasteiger partial charge >= 0.3 is 11.7 Å². The van der Waals surface area contributed by atoms with Gasteiger partial charge in [0, 0.05) is 6.20 Å². The molecule has 1 aliphatic rings. The molecule has 10 heteroatoms. The molecule has 138 valence electrons. The number of hydrogen-bond donors (Lipinski definition) is 2. The van der Waals surface area contributed by atoms with Crippen molar-refractivity contribution in [3.8, 4) is 0 Å². The topological polar surface area (TPSA) is 111 Å². The second-order valence-corrected chi connectivity index (χ2v) is 7.52. The number of esters is 1. The van der Waals surface area contributed by atoms with E-state index in [1.165, 1.54) is 6.20 Å². The fraction of sp³-hybridized carbons (Fsp3) is 0.312. The van der Waals surface area contributed by atoms with Crippen LogP contribution in [0.2, 0.25) is 0 Å². The van der Waals surface area contributed by atoms with Crippen LogP contribution in [0.3, 0.4) is 0 Å². The third-order valence-corrected chi connectivity index (χ3v) is 5.44. The molecule has 1 saturated heterocycles. The minimum absolute atomic E-state index is 0.147. The molecule has 2 heterocycles. The number of benzene rings is 1. The number of aliphatic hydroxyl groups is 1. The molecule has 0 saturated carbocycles. The van der Waals surface area contributed by atoms with Crippen LogP contribution in [0.15, 0.2) is 50.6 Å². The number of carbonyl (C=O) groups is 1. The Bertz CT molecular complexity index is 913. The summed E-state index contributed by atoms with van der Waals surface area (Å²) >= 11 is 6.34. The fourth-order valence-corrected chi connectivity index (χ4v) is 3.57. The molecular weight excluding hydrogens is 476 g/mol. The molecule has 1 fully saturated rings. The van der Waals surface area contributed by atoms with Gasteiger partial charge in [-0.25, -0.2) is 9.59 Å². The van der Waals surface area contributed by atoms with E-state index in [2.05, 4.69) is 36.8 Å². The van der Waals surface area contributed by atoms with Crippen LogP contribution in [0.25, 0.3) is 0 Å². The minimum Gasteiger partial charge on any atom is -0.459 e. The second-order valence-electron chi connectivity index (χ2n) is 5.61. The summed E-state index contributed by atoms with van der Waals surface area (Å²) in [6, 6.07) is 8.43. The molecular formula is C16H14Br2N2O6. The van der Waals surface area contributed by atoms with Crippen LogP contribution in [0.5, 0.6) is 0 Å². The van der Waals surface area contributed by atoms with Crippen molar-refractivity contribution < 1.29 is 19.4 Å². The van der Waals surface area contributed by atoms with Gasteiger partial charge in [-0.1, -0.05) is 34.1 Å².